The molecule has 0 aromatic heterocycles. The fourth-order valence-corrected chi connectivity index (χ4v) is 5.73. The summed E-state index contributed by atoms with van der Waals surface area (Å²) in [7, 11) is -3.53. The number of rotatable bonds is 4. The Morgan fingerprint density at radius 3 is 2.46 bits per heavy atom. The van der Waals surface area contributed by atoms with Gasteiger partial charge in [-0.3, -0.25) is 4.79 Å². The molecule has 5 heteroatoms. The summed E-state index contributed by atoms with van der Waals surface area (Å²) in [6.07, 6.45) is 2.73. The normalized spacial score (nSPS) is 26.9. The highest BCUT2D eigenvalue weighted by Crippen LogP contribution is 2.52. The van der Waals surface area contributed by atoms with Gasteiger partial charge < -0.3 is 4.74 Å². The predicted octanol–water partition coefficient (Wildman–Crippen LogP) is 4.10. The Balaban J connectivity index is 1.95. The largest absolute Gasteiger partial charge is 0.372 e. The molecular formula is C21H28O4S. The molecule has 4 nitrogen and oxygen atoms in total. The van der Waals surface area contributed by atoms with Gasteiger partial charge in [0.15, 0.2) is 15.6 Å². The lowest BCUT2D eigenvalue weighted by Gasteiger charge is -2.32. The second kappa shape index (κ2) is 6.61. The van der Waals surface area contributed by atoms with Crippen molar-refractivity contribution in [1.29, 1.82) is 0 Å². The van der Waals surface area contributed by atoms with Crippen LogP contribution in [0.2, 0.25) is 0 Å². The molecule has 0 amide bonds. The smallest absolute Gasteiger partial charge is 0.182 e. The topological polar surface area (TPSA) is 60.4 Å². The van der Waals surface area contributed by atoms with Crippen molar-refractivity contribution < 1.29 is 17.9 Å². The van der Waals surface area contributed by atoms with Crippen molar-refractivity contribution in [3.8, 4) is 0 Å². The summed E-state index contributed by atoms with van der Waals surface area (Å²) >= 11 is 0. The average Bonchev–Trinajstić information content (AvgIpc) is 2.86. The van der Waals surface area contributed by atoms with Crippen molar-refractivity contribution in [2.45, 2.75) is 70.0 Å². The van der Waals surface area contributed by atoms with E-state index in [4.69, 9.17) is 4.74 Å². The molecule has 142 valence electrons. The second-order valence-corrected chi connectivity index (χ2v) is 10.8. The van der Waals surface area contributed by atoms with Crippen LogP contribution in [0.4, 0.5) is 0 Å². The molecule has 1 unspecified atom stereocenters. The summed E-state index contributed by atoms with van der Waals surface area (Å²) < 4.78 is 31.8. The van der Waals surface area contributed by atoms with Crippen molar-refractivity contribution >= 4 is 15.6 Å². The van der Waals surface area contributed by atoms with Crippen LogP contribution in [-0.4, -0.2) is 31.7 Å². The number of fused-ring (bicyclic) bond motifs is 1. The van der Waals surface area contributed by atoms with E-state index in [2.05, 4.69) is 6.92 Å². The maximum Gasteiger partial charge on any atom is 0.182 e. The quantitative estimate of drug-likeness (QED) is 0.794. The summed E-state index contributed by atoms with van der Waals surface area (Å²) in [6, 6.07) is 8.39. The lowest BCUT2D eigenvalue weighted by atomic mass is 9.73. The van der Waals surface area contributed by atoms with Crippen LogP contribution < -0.4 is 0 Å². The van der Waals surface area contributed by atoms with Gasteiger partial charge in [0.05, 0.1) is 22.4 Å². The molecule has 1 saturated carbocycles. The second-order valence-electron chi connectivity index (χ2n) is 8.77. The number of hydrogen-bond donors (Lipinski definition) is 0. The van der Waals surface area contributed by atoms with Gasteiger partial charge in [0.1, 0.15) is 0 Å². The molecule has 0 bridgehead atoms. The van der Waals surface area contributed by atoms with Gasteiger partial charge in [0.2, 0.25) is 0 Å². The van der Waals surface area contributed by atoms with Gasteiger partial charge in [-0.1, -0.05) is 30.7 Å². The Labute approximate surface area is 156 Å². The van der Waals surface area contributed by atoms with Gasteiger partial charge in [-0.05, 0) is 57.6 Å². The molecule has 2 aliphatic carbocycles. The summed E-state index contributed by atoms with van der Waals surface area (Å²) in [5.41, 5.74) is 1.12. The zero-order valence-electron chi connectivity index (χ0n) is 16.0. The van der Waals surface area contributed by atoms with E-state index in [1.165, 1.54) is 0 Å². The third kappa shape index (κ3) is 3.94. The van der Waals surface area contributed by atoms with E-state index < -0.39 is 9.84 Å². The van der Waals surface area contributed by atoms with Crippen LogP contribution in [0, 0.1) is 5.41 Å². The van der Waals surface area contributed by atoms with Crippen molar-refractivity contribution in [1.82, 2.24) is 0 Å². The highest BCUT2D eigenvalue weighted by Gasteiger charge is 2.46. The third-order valence-corrected chi connectivity index (χ3v) is 7.06. The third-order valence-electron chi connectivity index (χ3n) is 5.40. The van der Waals surface area contributed by atoms with Gasteiger partial charge in [-0.25, -0.2) is 8.42 Å². The van der Waals surface area contributed by atoms with Crippen LogP contribution in [0.1, 0.15) is 53.4 Å². The molecule has 0 spiro atoms. The molecule has 2 atom stereocenters. The number of Topliss-reactive ketones (excluding diaryl/α,β-unsaturated/α-hetero) is 1. The van der Waals surface area contributed by atoms with Crippen molar-refractivity contribution in [2.24, 2.45) is 5.41 Å². The predicted molar refractivity (Wildman–Crippen MR) is 102 cm³/mol. The van der Waals surface area contributed by atoms with E-state index in [0.29, 0.717) is 18.4 Å². The molecule has 26 heavy (non-hydrogen) atoms. The van der Waals surface area contributed by atoms with Gasteiger partial charge in [0.25, 0.3) is 0 Å². The first-order valence-corrected chi connectivity index (χ1v) is 10.9. The van der Waals surface area contributed by atoms with E-state index in [0.717, 1.165) is 18.4 Å². The van der Waals surface area contributed by atoms with Gasteiger partial charge in [0, 0.05) is 12.0 Å². The SMILES string of the molecule is CC(C)(C)OC1CC2=C(CS(=O)(=O)c3ccccc3)C(=O)CC[C@@]2(C)C1. The summed E-state index contributed by atoms with van der Waals surface area (Å²) in [4.78, 5) is 12.9. The minimum absolute atomic E-state index is 0.0200. The Kier molecular flexibility index (Phi) is 4.91. The number of carbonyl (C=O) groups is 1. The highest BCUT2D eigenvalue weighted by molar-refractivity contribution is 7.91. The van der Waals surface area contributed by atoms with Crippen LogP contribution in [-0.2, 0) is 19.4 Å². The zero-order chi connectivity index (χ0) is 19.2. The number of sulfone groups is 1. The molecule has 0 aliphatic heterocycles. The lowest BCUT2D eigenvalue weighted by Crippen LogP contribution is -2.29. The van der Waals surface area contributed by atoms with Crippen LogP contribution in [0.15, 0.2) is 46.4 Å². The summed E-state index contributed by atoms with van der Waals surface area (Å²) in [5, 5.41) is 0. The summed E-state index contributed by atoms with van der Waals surface area (Å²) in [6.45, 7) is 8.22. The molecule has 1 fully saturated rings. The molecule has 0 heterocycles. The first-order valence-electron chi connectivity index (χ1n) is 9.22. The average molecular weight is 377 g/mol. The monoisotopic (exact) mass is 376 g/mol. The van der Waals surface area contributed by atoms with Crippen LogP contribution in [0.3, 0.4) is 0 Å². The Morgan fingerprint density at radius 1 is 1.19 bits per heavy atom. The van der Waals surface area contributed by atoms with E-state index >= 15 is 0 Å². The molecule has 1 aromatic rings. The van der Waals surface area contributed by atoms with Crippen LogP contribution in [0.25, 0.3) is 0 Å². The lowest BCUT2D eigenvalue weighted by molar-refractivity contribution is -0.116. The minimum atomic E-state index is -3.53. The van der Waals surface area contributed by atoms with Crippen LogP contribution in [0.5, 0.6) is 0 Å². The van der Waals surface area contributed by atoms with Crippen LogP contribution >= 0.6 is 0 Å². The standard InChI is InChI=1S/C21H28O4S/c1-20(2,3)25-15-12-18-17(19(22)10-11-21(18,4)13-15)14-26(23,24)16-8-6-5-7-9-16/h5-9,15H,10-14H2,1-4H3/t15?,21-/m0/s1. The number of ketones is 1. The van der Waals surface area contributed by atoms with E-state index in [9.17, 15) is 13.2 Å². The Bertz CT molecular complexity index is 831. The van der Waals surface area contributed by atoms with Crippen molar-refractivity contribution in [3.63, 3.8) is 0 Å². The number of hydrogen-bond acceptors (Lipinski definition) is 4. The highest BCUT2D eigenvalue weighted by atomic mass is 32.2. The number of benzene rings is 1. The molecule has 0 N–H and O–H groups in total. The van der Waals surface area contributed by atoms with Crippen molar-refractivity contribution in [3.05, 3.63) is 41.5 Å². The van der Waals surface area contributed by atoms with Gasteiger partial charge in [-0.15, -0.1) is 0 Å². The zero-order valence-corrected chi connectivity index (χ0v) is 16.9. The maximum atomic E-state index is 12.8. The fraction of sp³-hybridized carbons (Fsp3) is 0.571. The molecular weight excluding hydrogens is 348 g/mol. The minimum Gasteiger partial charge on any atom is -0.372 e. The first-order chi connectivity index (χ1) is 12.0. The van der Waals surface area contributed by atoms with Gasteiger partial charge >= 0.3 is 0 Å². The number of carbonyl (C=O) groups excluding carboxylic acids is 1. The first kappa shape index (κ1) is 19.3. The fourth-order valence-electron chi connectivity index (χ4n) is 4.27. The Hall–Kier alpha value is -1.46. The van der Waals surface area contributed by atoms with Crippen molar-refractivity contribution in [2.75, 3.05) is 5.75 Å². The van der Waals surface area contributed by atoms with Gasteiger partial charge in [-0.2, -0.15) is 0 Å². The molecule has 1 aromatic carbocycles. The number of ether oxygens (including phenoxy) is 1. The molecule has 2 aliphatic rings. The molecule has 0 radical (unpaired) electrons. The van der Waals surface area contributed by atoms with E-state index in [-0.39, 0.29) is 33.6 Å². The van der Waals surface area contributed by atoms with E-state index in [1.807, 2.05) is 20.8 Å². The summed E-state index contributed by atoms with van der Waals surface area (Å²) in [5.74, 6) is -0.225. The Morgan fingerprint density at radius 2 is 1.85 bits per heavy atom. The van der Waals surface area contributed by atoms with E-state index in [1.54, 1.807) is 30.3 Å². The molecule has 0 saturated heterocycles. The maximum absolute atomic E-state index is 12.8. The molecule has 3 rings (SSSR count).